The Hall–Kier alpha value is -4.09. The van der Waals surface area contributed by atoms with E-state index in [1.54, 1.807) is 18.2 Å². The zero-order valence-corrected chi connectivity index (χ0v) is 21.7. The van der Waals surface area contributed by atoms with Gasteiger partial charge in [-0.1, -0.05) is 17.7 Å². The van der Waals surface area contributed by atoms with Crippen LogP contribution in [0.25, 0.3) is 33.8 Å². The normalized spacial score (nSPS) is 15.8. The summed E-state index contributed by atoms with van der Waals surface area (Å²) in [5.41, 5.74) is 0.0122. The van der Waals surface area contributed by atoms with E-state index < -0.39 is 34.8 Å². The number of aromatic nitrogens is 3. The molecule has 0 amide bonds. The van der Waals surface area contributed by atoms with E-state index in [0.29, 0.717) is 54.0 Å². The number of anilines is 1. The van der Waals surface area contributed by atoms with Gasteiger partial charge in [0.1, 0.15) is 17.3 Å². The summed E-state index contributed by atoms with van der Waals surface area (Å²) in [6.45, 7) is 3.62. The molecule has 1 atom stereocenters. The molecule has 0 saturated carbocycles. The molecular weight excluding hydrogens is 552 g/mol. The van der Waals surface area contributed by atoms with Gasteiger partial charge in [0.15, 0.2) is 0 Å². The molecule has 0 radical (unpaired) electrons. The highest BCUT2D eigenvalue weighted by Crippen LogP contribution is 2.37. The number of ether oxygens (including phenoxy) is 1. The molecule has 1 fully saturated rings. The molecule has 4 heterocycles. The summed E-state index contributed by atoms with van der Waals surface area (Å²) in [6, 6.07) is 11.4. The number of nitrogens with zero attached hydrogens (tertiary/aromatic N) is 4. The second kappa shape index (κ2) is 10.8. The van der Waals surface area contributed by atoms with Gasteiger partial charge in [0, 0.05) is 30.1 Å². The first-order valence-electron chi connectivity index (χ1n) is 12.1. The molecule has 0 bridgehead atoms. The van der Waals surface area contributed by atoms with Crippen molar-refractivity contribution in [2.75, 3.05) is 24.7 Å². The van der Waals surface area contributed by atoms with Crippen molar-refractivity contribution in [3.05, 3.63) is 82.9 Å². The molecule has 1 aromatic carbocycles. The van der Waals surface area contributed by atoms with Crippen molar-refractivity contribution >= 4 is 23.4 Å². The lowest BCUT2D eigenvalue weighted by Gasteiger charge is -2.34. The van der Waals surface area contributed by atoms with E-state index in [-0.39, 0.29) is 16.8 Å². The Morgan fingerprint density at radius 1 is 1.02 bits per heavy atom. The summed E-state index contributed by atoms with van der Waals surface area (Å²) in [5.74, 6) is -1.45. The van der Waals surface area contributed by atoms with Crippen LogP contribution in [0.5, 0.6) is 0 Å². The molecule has 206 valence electrons. The molecule has 1 aliphatic rings. The molecule has 5 rings (SSSR count). The predicted molar refractivity (Wildman–Crippen MR) is 141 cm³/mol. The molecule has 0 unspecified atom stereocenters. The van der Waals surface area contributed by atoms with Gasteiger partial charge in [0.25, 0.3) is 0 Å². The maximum Gasteiger partial charge on any atom is 0.418 e. The zero-order chi connectivity index (χ0) is 28.6. The van der Waals surface area contributed by atoms with Crippen molar-refractivity contribution in [1.82, 2.24) is 15.0 Å². The minimum atomic E-state index is -4.84. The number of benzene rings is 1. The molecule has 1 aliphatic heterocycles. The maximum absolute atomic E-state index is 13.8. The first-order chi connectivity index (χ1) is 19.0. The third-order valence-corrected chi connectivity index (χ3v) is 6.76. The van der Waals surface area contributed by atoms with Gasteiger partial charge < -0.3 is 14.7 Å². The van der Waals surface area contributed by atoms with Gasteiger partial charge in [-0.15, -0.1) is 0 Å². The predicted octanol–water partition coefficient (Wildman–Crippen LogP) is 6.61. The van der Waals surface area contributed by atoms with Crippen LogP contribution in [0.3, 0.4) is 0 Å². The molecule has 3 aromatic heterocycles. The third kappa shape index (κ3) is 5.61. The number of hydrogen-bond acceptors (Lipinski definition) is 6. The van der Waals surface area contributed by atoms with Crippen LogP contribution in [-0.4, -0.2) is 51.8 Å². The van der Waals surface area contributed by atoms with Crippen LogP contribution in [0.15, 0.2) is 60.9 Å². The number of rotatable bonds is 5. The summed E-state index contributed by atoms with van der Waals surface area (Å²) >= 11 is 6.02. The fourth-order valence-corrected chi connectivity index (χ4v) is 4.59. The van der Waals surface area contributed by atoms with Gasteiger partial charge in [-0.2, -0.15) is 13.2 Å². The van der Waals surface area contributed by atoms with Crippen molar-refractivity contribution in [2.24, 2.45) is 0 Å². The van der Waals surface area contributed by atoms with Gasteiger partial charge in [0.05, 0.1) is 46.8 Å². The zero-order valence-electron chi connectivity index (χ0n) is 20.9. The summed E-state index contributed by atoms with van der Waals surface area (Å²) in [4.78, 5) is 26.0. The number of morpholine rings is 1. The van der Waals surface area contributed by atoms with Crippen LogP contribution in [0, 0.1) is 5.82 Å². The van der Waals surface area contributed by atoms with E-state index in [0.717, 1.165) is 6.20 Å². The SMILES string of the molecule is C[C@H]1COCCN1c1cc(-c2ccc(-c3ncc(C(=O)O)cc3C(F)(F)F)nc2)cc(-c2ccc(F)c(Cl)c2)n1. The van der Waals surface area contributed by atoms with Crippen LogP contribution in [-0.2, 0) is 10.9 Å². The van der Waals surface area contributed by atoms with Crippen LogP contribution >= 0.6 is 11.6 Å². The van der Waals surface area contributed by atoms with Crippen molar-refractivity contribution in [3.8, 4) is 33.8 Å². The average molecular weight is 573 g/mol. The third-order valence-electron chi connectivity index (χ3n) is 6.47. The standard InChI is InChI=1S/C28H21ClF4N4O3/c1-15-14-40-7-6-37(15)25-11-18(10-24(36-25)16-2-4-22(30)21(29)9-16)17-3-5-23(34-12-17)26-20(28(31,32)33)8-19(13-35-26)27(38)39/h2-5,8-13,15H,6-7,14H2,1H3,(H,38,39)/t15-/m0/s1. The lowest BCUT2D eigenvalue weighted by Crippen LogP contribution is -2.44. The van der Waals surface area contributed by atoms with Crippen LogP contribution in [0.2, 0.25) is 5.02 Å². The summed E-state index contributed by atoms with van der Waals surface area (Å²) < 4.78 is 60.5. The number of carboxylic acids is 1. The molecular formula is C28H21ClF4N4O3. The van der Waals surface area contributed by atoms with Gasteiger partial charge in [-0.25, -0.2) is 14.2 Å². The van der Waals surface area contributed by atoms with Crippen LogP contribution in [0.1, 0.15) is 22.8 Å². The Kier molecular flexibility index (Phi) is 7.43. The number of halogens is 5. The number of pyridine rings is 3. The second-order valence-corrected chi connectivity index (χ2v) is 9.61. The Morgan fingerprint density at radius 2 is 1.80 bits per heavy atom. The molecule has 0 spiro atoms. The molecule has 40 heavy (non-hydrogen) atoms. The molecule has 0 aliphatic carbocycles. The Bertz CT molecular complexity index is 1580. The maximum atomic E-state index is 13.8. The first kappa shape index (κ1) is 27.5. The topological polar surface area (TPSA) is 88.4 Å². The highest BCUT2D eigenvalue weighted by molar-refractivity contribution is 6.31. The highest BCUT2D eigenvalue weighted by atomic mass is 35.5. The van der Waals surface area contributed by atoms with Crippen LogP contribution in [0.4, 0.5) is 23.4 Å². The Morgan fingerprint density at radius 3 is 2.45 bits per heavy atom. The van der Waals surface area contributed by atoms with Crippen LogP contribution < -0.4 is 4.90 Å². The Labute approximate surface area is 231 Å². The minimum absolute atomic E-state index is 0.0299. The van der Waals surface area contributed by atoms with E-state index in [1.807, 2.05) is 13.0 Å². The van der Waals surface area contributed by atoms with Gasteiger partial charge >= 0.3 is 12.1 Å². The summed E-state index contributed by atoms with van der Waals surface area (Å²) in [5, 5.41) is 9.04. The quantitative estimate of drug-likeness (QED) is 0.269. The minimum Gasteiger partial charge on any atom is -0.478 e. The average Bonchev–Trinajstić information content (AvgIpc) is 2.94. The number of aromatic carboxylic acids is 1. The van der Waals surface area contributed by atoms with E-state index in [9.17, 15) is 22.4 Å². The van der Waals surface area contributed by atoms with E-state index in [1.165, 1.54) is 24.4 Å². The number of carboxylic acid groups (broad SMARTS) is 1. The molecule has 4 aromatic rings. The van der Waals surface area contributed by atoms with Crippen molar-refractivity contribution in [2.45, 2.75) is 19.1 Å². The van der Waals surface area contributed by atoms with E-state index in [4.69, 9.17) is 26.4 Å². The fraction of sp³-hybridized carbons (Fsp3) is 0.214. The monoisotopic (exact) mass is 572 g/mol. The van der Waals surface area contributed by atoms with Crippen molar-refractivity contribution in [3.63, 3.8) is 0 Å². The Balaban J connectivity index is 1.58. The lowest BCUT2D eigenvalue weighted by molar-refractivity contribution is -0.137. The van der Waals surface area contributed by atoms with Gasteiger partial charge in [0.2, 0.25) is 0 Å². The first-order valence-corrected chi connectivity index (χ1v) is 12.5. The molecule has 7 nitrogen and oxygen atoms in total. The largest absolute Gasteiger partial charge is 0.478 e. The smallest absolute Gasteiger partial charge is 0.418 e. The summed E-state index contributed by atoms with van der Waals surface area (Å²) in [6.07, 6.45) is -2.57. The fourth-order valence-electron chi connectivity index (χ4n) is 4.41. The number of alkyl halides is 3. The van der Waals surface area contributed by atoms with Gasteiger partial charge in [-0.05, 0) is 55.0 Å². The number of carbonyl (C=O) groups is 1. The van der Waals surface area contributed by atoms with E-state index in [2.05, 4.69) is 14.9 Å². The molecule has 12 heteroatoms. The molecule has 1 saturated heterocycles. The summed E-state index contributed by atoms with van der Waals surface area (Å²) in [7, 11) is 0. The second-order valence-electron chi connectivity index (χ2n) is 9.20. The van der Waals surface area contributed by atoms with Gasteiger partial charge in [-0.3, -0.25) is 9.97 Å². The highest BCUT2D eigenvalue weighted by Gasteiger charge is 2.36. The van der Waals surface area contributed by atoms with Crippen molar-refractivity contribution < 1.29 is 32.2 Å². The van der Waals surface area contributed by atoms with E-state index >= 15 is 0 Å². The molecule has 1 N–H and O–H groups in total. The number of hydrogen-bond donors (Lipinski definition) is 1. The van der Waals surface area contributed by atoms with Crippen molar-refractivity contribution in [1.29, 1.82) is 0 Å². The lowest BCUT2D eigenvalue weighted by atomic mass is 10.0.